The molecule has 0 aliphatic carbocycles. The third-order valence-electron chi connectivity index (χ3n) is 2.36. The Morgan fingerprint density at radius 2 is 2.12 bits per heavy atom. The molecule has 0 amide bonds. The Balaban J connectivity index is 2.53. The zero-order chi connectivity index (χ0) is 12.4. The number of hydrogen-bond donors (Lipinski definition) is 2. The van der Waals surface area contributed by atoms with Crippen molar-refractivity contribution in [2.75, 3.05) is 12.8 Å². The molecule has 4 nitrogen and oxygen atoms in total. The molecular weight excluding hydrogens is 228 g/mol. The van der Waals surface area contributed by atoms with Gasteiger partial charge in [-0.1, -0.05) is 0 Å². The zero-order valence-corrected chi connectivity index (χ0v) is 9.08. The highest BCUT2D eigenvalue weighted by Gasteiger charge is 2.13. The summed E-state index contributed by atoms with van der Waals surface area (Å²) in [6.45, 7) is 0. The topological polar surface area (TPSA) is 63.9 Å². The van der Waals surface area contributed by atoms with Gasteiger partial charge in [0.1, 0.15) is 11.6 Å². The van der Waals surface area contributed by atoms with E-state index < -0.39 is 6.43 Å². The first-order chi connectivity index (χ1) is 8.11. The molecule has 1 aromatic carbocycles. The molecule has 0 aliphatic rings. The van der Waals surface area contributed by atoms with Gasteiger partial charge in [0.2, 0.25) is 0 Å². The van der Waals surface area contributed by atoms with Crippen molar-refractivity contribution < 1.29 is 13.5 Å². The van der Waals surface area contributed by atoms with Gasteiger partial charge < -0.3 is 10.5 Å². The molecule has 0 fully saturated rings. The summed E-state index contributed by atoms with van der Waals surface area (Å²) in [5.41, 5.74) is 6.45. The second-order valence-electron chi connectivity index (χ2n) is 3.47. The number of ether oxygens (including phenoxy) is 1. The summed E-state index contributed by atoms with van der Waals surface area (Å²) in [4.78, 5) is 0. The van der Waals surface area contributed by atoms with E-state index in [0.717, 1.165) is 0 Å². The van der Waals surface area contributed by atoms with Crippen molar-refractivity contribution in [3.8, 4) is 17.0 Å². The first-order valence-corrected chi connectivity index (χ1v) is 4.89. The summed E-state index contributed by atoms with van der Waals surface area (Å²) in [5.74, 6) is 0.780. The van der Waals surface area contributed by atoms with Gasteiger partial charge in [-0.3, -0.25) is 5.10 Å². The summed E-state index contributed by atoms with van der Waals surface area (Å²) in [6, 6.07) is 5.74. The highest BCUT2D eigenvalue weighted by Crippen LogP contribution is 2.33. The first kappa shape index (κ1) is 11.4. The maximum atomic E-state index is 12.6. The largest absolute Gasteiger partial charge is 0.496 e. The Bertz CT molecular complexity index is 525. The maximum absolute atomic E-state index is 12.6. The predicted molar refractivity (Wildman–Crippen MR) is 59.9 cm³/mol. The molecule has 90 valence electrons. The summed E-state index contributed by atoms with van der Waals surface area (Å²) < 4.78 is 30.3. The number of nitrogens with two attached hydrogens (primary N) is 1. The summed E-state index contributed by atoms with van der Waals surface area (Å²) in [5, 5.41) is 6.42. The Hall–Kier alpha value is -2.11. The Kier molecular flexibility index (Phi) is 2.95. The summed E-state index contributed by atoms with van der Waals surface area (Å²) in [6.07, 6.45) is -2.53. The molecular formula is C11H11F2N3O. The van der Waals surface area contributed by atoms with Crippen LogP contribution in [0.1, 0.15) is 12.0 Å². The van der Waals surface area contributed by atoms with Crippen LogP contribution in [0.2, 0.25) is 0 Å². The molecule has 0 aliphatic heterocycles. The van der Waals surface area contributed by atoms with E-state index >= 15 is 0 Å². The number of nitrogen functional groups attached to an aromatic ring is 1. The van der Waals surface area contributed by atoms with E-state index in [2.05, 4.69) is 10.2 Å². The standard InChI is InChI=1S/C11H11F2N3O/c1-17-9-3-2-6(11(12)13)4-7(9)8-5-10(14)16-15-8/h2-5,11H,1H3,(H3,14,15,16). The number of hydrogen-bond acceptors (Lipinski definition) is 3. The number of aromatic nitrogens is 2. The lowest BCUT2D eigenvalue weighted by Gasteiger charge is -2.08. The number of rotatable bonds is 3. The van der Waals surface area contributed by atoms with Crippen molar-refractivity contribution in [1.29, 1.82) is 0 Å². The number of methoxy groups -OCH3 is 1. The van der Waals surface area contributed by atoms with Crippen LogP contribution in [-0.2, 0) is 0 Å². The van der Waals surface area contributed by atoms with Gasteiger partial charge in [0.25, 0.3) is 6.43 Å². The molecule has 0 atom stereocenters. The molecule has 6 heteroatoms. The van der Waals surface area contributed by atoms with Crippen LogP contribution in [0.25, 0.3) is 11.3 Å². The van der Waals surface area contributed by atoms with E-state index in [0.29, 0.717) is 22.8 Å². The SMILES string of the molecule is COc1ccc(C(F)F)cc1-c1cc(N)n[nH]1. The third kappa shape index (κ3) is 2.20. The molecule has 17 heavy (non-hydrogen) atoms. The van der Waals surface area contributed by atoms with E-state index in [1.165, 1.54) is 25.3 Å². The molecule has 0 radical (unpaired) electrons. The van der Waals surface area contributed by atoms with Gasteiger partial charge in [-0.05, 0) is 18.2 Å². The minimum absolute atomic E-state index is 0.0750. The van der Waals surface area contributed by atoms with Crippen LogP contribution in [0.3, 0.4) is 0 Å². The predicted octanol–water partition coefficient (Wildman–Crippen LogP) is 2.61. The molecule has 3 N–H and O–H groups in total. The van der Waals surface area contributed by atoms with E-state index in [-0.39, 0.29) is 5.56 Å². The summed E-state index contributed by atoms with van der Waals surface area (Å²) in [7, 11) is 1.47. The number of H-pyrrole nitrogens is 1. The van der Waals surface area contributed by atoms with Gasteiger partial charge in [-0.2, -0.15) is 5.10 Å². The van der Waals surface area contributed by atoms with Crippen LogP contribution >= 0.6 is 0 Å². The van der Waals surface area contributed by atoms with Gasteiger partial charge in [0.15, 0.2) is 0 Å². The molecule has 0 spiro atoms. The quantitative estimate of drug-likeness (QED) is 0.865. The van der Waals surface area contributed by atoms with Crippen molar-refractivity contribution in [2.24, 2.45) is 0 Å². The smallest absolute Gasteiger partial charge is 0.263 e. The third-order valence-corrected chi connectivity index (χ3v) is 2.36. The lowest BCUT2D eigenvalue weighted by atomic mass is 10.1. The van der Waals surface area contributed by atoms with Gasteiger partial charge in [-0.25, -0.2) is 8.78 Å². The average molecular weight is 239 g/mol. The molecule has 1 aromatic heterocycles. The number of halogens is 2. The first-order valence-electron chi connectivity index (χ1n) is 4.89. The highest BCUT2D eigenvalue weighted by atomic mass is 19.3. The normalized spacial score (nSPS) is 10.8. The van der Waals surface area contributed by atoms with Crippen molar-refractivity contribution in [2.45, 2.75) is 6.43 Å². The van der Waals surface area contributed by atoms with E-state index in [1.807, 2.05) is 0 Å². The average Bonchev–Trinajstić information content (AvgIpc) is 2.74. The fourth-order valence-corrected chi connectivity index (χ4v) is 1.55. The fourth-order valence-electron chi connectivity index (χ4n) is 1.55. The molecule has 0 saturated heterocycles. The van der Waals surface area contributed by atoms with Crippen molar-refractivity contribution in [3.63, 3.8) is 0 Å². The van der Waals surface area contributed by atoms with Gasteiger partial charge >= 0.3 is 0 Å². The minimum atomic E-state index is -2.53. The van der Waals surface area contributed by atoms with Crippen LogP contribution in [0.4, 0.5) is 14.6 Å². The van der Waals surface area contributed by atoms with E-state index in [1.54, 1.807) is 6.07 Å². The fraction of sp³-hybridized carbons (Fsp3) is 0.182. The molecule has 0 bridgehead atoms. The molecule has 0 saturated carbocycles. The monoisotopic (exact) mass is 239 g/mol. The van der Waals surface area contributed by atoms with Crippen LogP contribution in [0, 0.1) is 0 Å². The Morgan fingerprint density at radius 1 is 1.35 bits per heavy atom. The number of anilines is 1. The lowest BCUT2D eigenvalue weighted by molar-refractivity contribution is 0.151. The van der Waals surface area contributed by atoms with Crippen LogP contribution in [-0.4, -0.2) is 17.3 Å². The van der Waals surface area contributed by atoms with E-state index in [9.17, 15) is 8.78 Å². The van der Waals surface area contributed by atoms with E-state index in [4.69, 9.17) is 10.5 Å². The van der Waals surface area contributed by atoms with Gasteiger partial charge in [-0.15, -0.1) is 0 Å². The lowest BCUT2D eigenvalue weighted by Crippen LogP contribution is -1.91. The van der Waals surface area contributed by atoms with Crippen LogP contribution < -0.4 is 10.5 Å². The number of aromatic amines is 1. The second kappa shape index (κ2) is 4.40. The molecule has 2 aromatic rings. The number of nitrogens with one attached hydrogen (secondary N) is 1. The Morgan fingerprint density at radius 3 is 2.65 bits per heavy atom. The van der Waals surface area contributed by atoms with Crippen molar-refractivity contribution in [3.05, 3.63) is 29.8 Å². The number of benzene rings is 1. The van der Waals surface area contributed by atoms with Gasteiger partial charge in [0, 0.05) is 17.2 Å². The van der Waals surface area contributed by atoms with Crippen molar-refractivity contribution >= 4 is 5.82 Å². The number of alkyl halides is 2. The summed E-state index contributed by atoms with van der Waals surface area (Å²) >= 11 is 0. The van der Waals surface area contributed by atoms with Crippen LogP contribution in [0.5, 0.6) is 5.75 Å². The second-order valence-corrected chi connectivity index (χ2v) is 3.47. The molecule has 0 unspecified atom stereocenters. The number of nitrogens with zero attached hydrogens (tertiary/aromatic N) is 1. The van der Waals surface area contributed by atoms with Crippen molar-refractivity contribution in [1.82, 2.24) is 10.2 Å². The zero-order valence-electron chi connectivity index (χ0n) is 9.08. The van der Waals surface area contributed by atoms with Gasteiger partial charge in [0.05, 0.1) is 12.8 Å². The minimum Gasteiger partial charge on any atom is -0.496 e. The highest BCUT2D eigenvalue weighted by molar-refractivity contribution is 5.69. The Labute approximate surface area is 96.4 Å². The molecule has 1 heterocycles. The van der Waals surface area contributed by atoms with Crippen LogP contribution in [0.15, 0.2) is 24.3 Å². The maximum Gasteiger partial charge on any atom is 0.263 e. The molecule has 2 rings (SSSR count).